The maximum Gasteiger partial charge on any atom is 0.0384 e. The Hall–Kier alpha value is -1.76. The van der Waals surface area contributed by atoms with Crippen molar-refractivity contribution in [1.29, 1.82) is 0 Å². The molecule has 1 N–H and O–H groups in total. The summed E-state index contributed by atoms with van der Waals surface area (Å²) >= 11 is 0. The third-order valence-corrected chi connectivity index (χ3v) is 4.99. The van der Waals surface area contributed by atoms with Gasteiger partial charge in [-0.05, 0) is 54.5 Å². The van der Waals surface area contributed by atoms with Gasteiger partial charge < -0.3 is 5.32 Å². The molecule has 1 fully saturated rings. The van der Waals surface area contributed by atoms with Crippen molar-refractivity contribution < 1.29 is 0 Å². The Morgan fingerprint density at radius 2 is 1.45 bits per heavy atom. The molecule has 1 aliphatic rings. The Kier molecular flexibility index (Phi) is 5.15. The van der Waals surface area contributed by atoms with Gasteiger partial charge in [0.1, 0.15) is 0 Å². The van der Waals surface area contributed by atoms with Gasteiger partial charge in [-0.3, -0.25) is 0 Å². The summed E-state index contributed by atoms with van der Waals surface area (Å²) in [5.41, 5.74) is 3.78. The summed E-state index contributed by atoms with van der Waals surface area (Å²) in [6.07, 6.45) is 8.33. The first-order valence-corrected chi connectivity index (χ1v) is 8.70. The van der Waals surface area contributed by atoms with Gasteiger partial charge in [0.25, 0.3) is 0 Å². The number of hydrogen-bond donors (Lipinski definition) is 1. The highest BCUT2D eigenvalue weighted by Crippen LogP contribution is 2.31. The fourth-order valence-electron chi connectivity index (χ4n) is 3.43. The van der Waals surface area contributed by atoms with Crippen molar-refractivity contribution in [2.45, 2.75) is 45.4 Å². The normalized spacial score (nSPS) is 21.5. The Morgan fingerprint density at radius 3 is 2.14 bits per heavy atom. The lowest BCUT2D eigenvalue weighted by Gasteiger charge is -2.26. The lowest BCUT2D eigenvalue weighted by Crippen LogP contribution is -2.12. The Morgan fingerprint density at radius 1 is 0.818 bits per heavy atom. The van der Waals surface area contributed by atoms with Crippen LogP contribution in [0.25, 0.3) is 0 Å². The van der Waals surface area contributed by atoms with Crippen molar-refractivity contribution in [3.63, 3.8) is 0 Å². The van der Waals surface area contributed by atoms with E-state index >= 15 is 0 Å². The molecule has 1 saturated carbocycles. The smallest absolute Gasteiger partial charge is 0.0384 e. The molecule has 2 aromatic rings. The van der Waals surface area contributed by atoms with Crippen LogP contribution in [0.3, 0.4) is 0 Å². The third kappa shape index (κ3) is 4.37. The quantitative estimate of drug-likeness (QED) is 0.693. The van der Waals surface area contributed by atoms with Gasteiger partial charge in [-0.1, -0.05) is 62.9 Å². The molecule has 1 aliphatic carbocycles. The van der Waals surface area contributed by atoms with Crippen molar-refractivity contribution in [2.75, 3.05) is 5.32 Å². The van der Waals surface area contributed by atoms with Crippen molar-refractivity contribution in [3.8, 4) is 0 Å². The van der Waals surface area contributed by atoms with Crippen molar-refractivity contribution >= 4 is 11.4 Å². The van der Waals surface area contributed by atoms with Crippen molar-refractivity contribution in [3.05, 3.63) is 60.2 Å². The van der Waals surface area contributed by atoms with Gasteiger partial charge >= 0.3 is 0 Å². The van der Waals surface area contributed by atoms with Gasteiger partial charge in [-0.15, -0.1) is 0 Å². The van der Waals surface area contributed by atoms with Gasteiger partial charge in [0.05, 0.1) is 0 Å². The fraction of sp³-hybridized carbons (Fsp3) is 0.429. The van der Waals surface area contributed by atoms with E-state index in [0.29, 0.717) is 0 Å². The zero-order valence-corrected chi connectivity index (χ0v) is 13.6. The SMILES string of the molecule is CC1CCC(CCc2ccc(Nc3ccccc3)cc2)CC1. The summed E-state index contributed by atoms with van der Waals surface area (Å²) in [6.45, 7) is 2.40. The number of nitrogens with one attached hydrogen (secondary N) is 1. The lowest BCUT2D eigenvalue weighted by atomic mass is 9.80. The molecule has 0 unspecified atom stereocenters. The van der Waals surface area contributed by atoms with Gasteiger partial charge in [0.15, 0.2) is 0 Å². The van der Waals surface area contributed by atoms with Crippen LogP contribution in [-0.2, 0) is 6.42 Å². The van der Waals surface area contributed by atoms with Crippen molar-refractivity contribution in [1.82, 2.24) is 0 Å². The first-order chi connectivity index (χ1) is 10.8. The Balaban J connectivity index is 1.49. The Labute approximate surface area is 134 Å². The number of aryl methyl sites for hydroxylation is 1. The van der Waals surface area contributed by atoms with E-state index in [2.05, 4.69) is 60.8 Å². The minimum absolute atomic E-state index is 0.957. The van der Waals surface area contributed by atoms with Gasteiger partial charge in [-0.2, -0.15) is 0 Å². The highest BCUT2D eigenvalue weighted by molar-refractivity contribution is 5.59. The molecule has 116 valence electrons. The average Bonchev–Trinajstić information content (AvgIpc) is 2.57. The van der Waals surface area contributed by atoms with Gasteiger partial charge in [0.2, 0.25) is 0 Å². The third-order valence-electron chi connectivity index (χ3n) is 4.99. The second-order valence-corrected chi connectivity index (χ2v) is 6.85. The van der Waals surface area contributed by atoms with Crippen LogP contribution < -0.4 is 5.32 Å². The first kappa shape index (κ1) is 15.1. The summed E-state index contributed by atoms with van der Waals surface area (Å²) in [5, 5.41) is 3.44. The predicted octanol–water partition coefficient (Wildman–Crippen LogP) is 6.19. The molecule has 0 aliphatic heterocycles. The average molecular weight is 293 g/mol. The monoisotopic (exact) mass is 293 g/mol. The van der Waals surface area contributed by atoms with E-state index in [4.69, 9.17) is 0 Å². The van der Waals surface area contributed by atoms with Crippen LogP contribution in [0.15, 0.2) is 54.6 Å². The molecule has 0 amide bonds. The van der Waals surface area contributed by atoms with E-state index in [-0.39, 0.29) is 0 Å². The molecule has 3 rings (SSSR count). The molecular weight excluding hydrogens is 266 g/mol. The van der Waals surface area contributed by atoms with Crippen molar-refractivity contribution in [2.24, 2.45) is 11.8 Å². The maximum atomic E-state index is 3.44. The highest BCUT2D eigenvalue weighted by atomic mass is 14.9. The second kappa shape index (κ2) is 7.49. The topological polar surface area (TPSA) is 12.0 Å². The number of rotatable bonds is 5. The van der Waals surface area contributed by atoms with Gasteiger partial charge in [0, 0.05) is 11.4 Å². The van der Waals surface area contributed by atoms with Crippen LogP contribution in [0.5, 0.6) is 0 Å². The summed E-state index contributed by atoms with van der Waals surface area (Å²) < 4.78 is 0. The van der Waals surface area contributed by atoms with Crippen LogP contribution in [-0.4, -0.2) is 0 Å². The second-order valence-electron chi connectivity index (χ2n) is 6.85. The predicted molar refractivity (Wildman–Crippen MR) is 95.6 cm³/mol. The fourth-order valence-corrected chi connectivity index (χ4v) is 3.43. The van der Waals surface area contributed by atoms with Crippen LogP contribution >= 0.6 is 0 Å². The van der Waals surface area contributed by atoms with E-state index in [1.165, 1.54) is 49.8 Å². The zero-order valence-electron chi connectivity index (χ0n) is 13.6. The Bertz CT molecular complexity index is 550. The van der Waals surface area contributed by atoms with Gasteiger partial charge in [-0.25, -0.2) is 0 Å². The van der Waals surface area contributed by atoms with E-state index < -0.39 is 0 Å². The van der Waals surface area contributed by atoms with E-state index in [1.807, 2.05) is 6.07 Å². The minimum atomic E-state index is 0.957. The molecule has 22 heavy (non-hydrogen) atoms. The largest absolute Gasteiger partial charge is 0.356 e. The van der Waals surface area contributed by atoms with Crippen LogP contribution in [0.2, 0.25) is 0 Å². The molecular formula is C21H27N. The molecule has 0 bridgehead atoms. The maximum absolute atomic E-state index is 3.44. The van der Waals surface area contributed by atoms with E-state index in [0.717, 1.165) is 17.5 Å². The van der Waals surface area contributed by atoms with E-state index in [1.54, 1.807) is 0 Å². The number of para-hydroxylation sites is 1. The summed E-state index contributed by atoms with van der Waals surface area (Å²) in [5.74, 6) is 1.91. The highest BCUT2D eigenvalue weighted by Gasteiger charge is 2.17. The first-order valence-electron chi connectivity index (χ1n) is 8.70. The standard InChI is InChI=1S/C21H27N/c1-17-7-9-18(10-8-17)11-12-19-13-15-21(16-14-19)22-20-5-3-2-4-6-20/h2-6,13-18,22H,7-12H2,1H3. The molecule has 0 spiro atoms. The zero-order chi connectivity index (χ0) is 15.2. The van der Waals surface area contributed by atoms with Crippen LogP contribution in [0.1, 0.15) is 44.6 Å². The number of anilines is 2. The summed E-state index contributed by atoms with van der Waals surface area (Å²) in [4.78, 5) is 0. The number of benzene rings is 2. The summed E-state index contributed by atoms with van der Waals surface area (Å²) in [7, 11) is 0. The lowest BCUT2D eigenvalue weighted by molar-refractivity contribution is 0.278. The molecule has 2 aromatic carbocycles. The molecule has 1 nitrogen and oxygen atoms in total. The molecule has 0 aromatic heterocycles. The molecule has 0 saturated heterocycles. The van der Waals surface area contributed by atoms with E-state index in [9.17, 15) is 0 Å². The molecule has 0 atom stereocenters. The minimum Gasteiger partial charge on any atom is -0.356 e. The molecule has 0 heterocycles. The summed E-state index contributed by atoms with van der Waals surface area (Å²) in [6, 6.07) is 19.3. The van der Waals surface area contributed by atoms with Crippen LogP contribution in [0, 0.1) is 11.8 Å². The number of hydrogen-bond acceptors (Lipinski definition) is 1. The van der Waals surface area contributed by atoms with Crippen LogP contribution in [0.4, 0.5) is 11.4 Å². The molecule has 0 radical (unpaired) electrons. The molecule has 1 heteroatoms.